The maximum absolute atomic E-state index is 12.8. The molecule has 2 fully saturated rings. The van der Waals surface area contributed by atoms with Crippen molar-refractivity contribution in [3.05, 3.63) is 72.2 Å². The summed E-state index contributed by atoms with van der Waals surface area (Å²) in [5.74, 6) is -0.139. The number of carbonyl (C=O) groups is 2. The van der Waals surface area contributed by atoms with Gasteiger partial charge in [0, 0.05) is 58.0 Å². The topological polar surface area (TPSA) is 154 Å². The second-order valence-corrected chi connectivity index (χ2v) is 15.5. The molecule has 2 aliphatic rings. The van der Waals surface area contributed by atoms with Crippen LogP contribution in [0, 0.1) is 22.2 Å². The molecule has 4 rings (SSSR count). The maximum Gasteiger partial charge on any atom is 0.404 e. The van der Waals surface area contributed by atoms with E-state index in [4.69, 9.17) is 25.8 Å². The number of carbonyl (C=O) groups excluding carboxylic acids is 2. The summed E-state index contributed by atoms with van der Waals surface area (Å²) in [5, 5.41) is 1.37. The van der Waals surface area contributed by atoms with Gasteiger partial charge in [-0.15, -0.1) is 18.2 Å². The molecule has 0 radical (unpaired) electrons. The van der Waals surface area contributed by atoms with Crippen LogP contribution in [0.15, 0.2) is 81.8 Å². The fourth-order valence-corrected chi connectivity index (χ4v) is 8.15. The number of hydrogen-bond acceptors (Lipinski definition) is 11. The average Bonchev–Trinajstić information content (AvgIpc) is 3.51. The largest absolute Gasteiger partial charge is 0.464 e. The number of hydrogen-bond donors (Lipinski definition) is 1. The molecule has 13 nitrogen and oxygen atoms in total. The van der Waals surface area contributed by atoms with Crippen LogP contribution < -0.4 is 9.34 Å². The number of nitrogens with zero attached hydrogens (tertiary/aromatic N) is 3. The number of allylic oxidation sites excluding steroid dienone is 2. The first-order valence-electron chi connectivity index (χ1n) is 17.3. The summed E-state index contributed by atoms with van der Waals surface area (Å²) in [6.07, 6.45) is 5.54. The molecule has 2 aromatic rings. The normalized spacial score (nSPS) is 21.5. The van der Waals surface area contributed by atoms with E-state index in [-0.39, 0.29) is 60.0 Å². The van der Waals surface area contributed by atoms with E-state index >= 15 is 0 Å². The molecule has 51 heavy (non-hydrogen) atoms. The second kappa shape index (κ2) is 18.7. The number of H-pyrrole nitrogens is 1. The Morgan fingerprint density at radius 3 is 2.33 bits per heavy atom. The quantitative estimate of drug-likeness (QED) is 0.0930. The number of aromatic amines is 1. The van der Waals surface area contributed by atoms with Gasteiger partial charge < -0.3 is 14.2 Å². The molecular weight excluding hydrogens is 700 g/mol. The van der Waals surface area contributed by atoms with Gasteiger partial charge >= 0.3 is 22.8 Å². The van der Waals surface area contributed by atoms with Crippen LogP contribution in [0.5, 0.6) is 5.88 Å². The molecule has 0 amide bonds. The van der Waals surface area contributed by atoms with E-state index in [0.29, 0.717) is 24.3 Å². The number of ether oxygens (including phenoxy) is 3. The molecule has 1 saturated carbocycles. The van der Waals surface area contributed by atoms with Crippen LogP contribution in [0.2, 0.25) is 0 Å². The van der Waals surface area contributed by atoms with Crippen molar-refractivity contribution in [3.8, 4) is 5.88 Å². The summed E-state index contributed by atoms with van der Waals surface area (Å²) in [7, 11) is -4.23. The van der Waals surface area contributed by atoms with Crippen LogP contribution in [-0.2, 0) is 28.9 Å². The third-order valence-electron chi connectivity index (χ3n) is 9.86. The Morgan fingerprint density at radius 1 is 1.04 bits per heavy atom. The lowest BCUT2D eigenvalue weighted by Crippen LogP contribution is -2.48. The summed E-state index contributed by atoms with van der Waals surface area (Å²) in [6.45, 7) is 20.0. The van der Waals surface area contributed by atoms with E-state index in [1.165, 1.54) is 29.8 Å². The number of aromatic nitrogens is 2. The lowest BCUT2D eigenvalue weighted by atomic mass is 9.61. The van der Waals surface area contributed by atoms with E-state index in [2.05, 4.69) is 52.3 Å². The highest BCUT2D eigenvalue weighted by molar-refractivity contribution is 7.91. The zero-order chi connectivity index (χ0) is 37.0. The Morgan fingerprint density at radius 2 is 1.69 bits per heavy atom. The maximum atomic E-state index is 12.8. The second-order valence-electron chi connectivity index (χ2n) is 13.3. The zero-order valence-corrected chi connectivity index (χ0v) is 30.9. The first-order chi connectivity index (χ1) is 24.4. The van der Waals surface area contributed by atoms with Crippen molar-refractivity contribution in [2.75, 3.05) is 65.0 Å². The molecule has 1 aliphatic carbocycles. The van der Waals surface area contributed by atoms with Gasteiger partial charge in [-0.1, -0.05) is 60.1 Å². The molecule has 1 aromatic carbocycles. The minimum absolute atomic E-state index is 0.00900. The zero-order valence-electron chi connectivity index (χ0n) is 29.4. The minimum atomic E-state index is -4.23. The number of benzene rings is 1. The highest BCUT2D eigenvalue weighted by Gasteiger charge is 2.40. The number of halogens is 1. The highest BCUT2D eigenvalue weighted by Crippen LogP contribution is 2.49. The highest BCUT2D eigenvalue weighted by atomic mass is 35.5. The van der Waals surface area contributed by atoms with E-state index in [9.17, 15) is 22.9 Å². The van der Waals surface area contributed by atoms with E-state index in [0.717, 1.165) is 57.6 Å². The van der Waals surface area contributed by atoms with Crippen LogP contribution in [0.3, 0.4) is 0 Å². The Labute approximate surface area is 304 Å². The molecule has 1 aliphatic heterocycles. The third kappa shape index (κ3) is 10.9. The van der Waals surface area contributed by atoms with E-state index < -0.39 is 26.7 Å². The van der Waals surface area contributed by atoms with Gasteiger partial charge in [-0.05, 0) is 65.1 Å². The first-order valence-corrected chi connectivity index (χ1v) is 19.3. The summed E-state index contributed by atoms with van der Waals surface area (Å²) in [5.41, 5.74) is 2.37. The standard InChI is InChI=1S/C36H50ClN4O9S/c1-5-36(4)15-14-29(24-31(36)27(2)25-37)28(3)26-40-18-16-39(17-19-40)20-21-47-32(42)12-9-13-33(43)48-22-23-49-34-35(41(44)50-38-34)51(45,46)30-10-7-6-8-11-30/h5-8,10-11,29,31,38H,1-3,9,12-26H2,4H3/q+1/t29-,31+,36-/m1/s1. The Hall–Kier alpha value is -3.72. The summed E-state index contributed by atoms with van der Waals surface area (Å²) >= 11 is 6.17. The molecule has 3 atom stereocenters. The van der Waals surface area contributed by atoms with Gasteiger partial charge in [0.05, 0.1) is 4.90 Å². The van der Waals surface area contributed by atoms with Gasteiger partial charge in [-0.3, -0.25) is 19.4 Å². The summed E-state index contributed by atoms with van der Waals surface area (Å²) < 4.78 is 45.8. The van der Waals surface area contributed by atoms with Gasteiger partial charge in [0.1, 0.15) is 19.8 Å². The molecule has 15 heteroatoms. The van der Waals surface area contributed by atoms with Crippen LogP contribution in [-0.4, -0.2) is 100 Å². The Kier molecular flexibility index (Phi) is 14.7. The SMILES string of the molecule is C=C[C@]1(C)CC[C@@H](C(=C)CN2CCN(CCOC(=O)CCCC(=O)OCCOc3[nH]o[n+](=O)c3S(=O)(=O)c3ccccc3)CC2)C[C@H]1C(=C)CCl. The molecule has 1 N–H and O–H groups in total. The van der Waals surface area contributed by atoms with Gasteiger partial charge in [0.15, 0.2) is 0 Å². The molecule has 2 heterocycles. The van der Waals surface area contributed by atoms with Gasteiger partial charge in [-0.2, -0.15) is 0 Å². The van der Waals surface area contributed by atoms with E-state index in [1.54, 1.807) is 6.07 Å². The minimum Gasteiger partial charge on any atom is -0.464 e. The Balaban J connectivity index is 1.05. The van der Waals surface area contributed by atoms with Crippen LogP contribution in [0.1, 0.15) is 45.4 Å². The number of alkyl halides is 1. The van der Waals surface area contributed by atoms with Crippen molar-refractivity contribution < 1.29 is 41.4 Å². The van der Waals surface area contributed by atoms with Gasteiger partial charge in [0.2, 0.25) is 4.60 Å². The van der Waals surface area contributed by atoms with Crippen LogP contribution in [0.4, 0.5) is 0 Å². The van der Waals surface area contributed by atoms with Gasteiger partial charge in [-0.25, -0.2) is 8.42 Å². The number of esters is 2. The Bertz CT molecular complexity index is 1690. The number of rotatable bonds is 19. The smallest absolute Gasteiger partial charge is 0.404 e. The van der Waals surface area contributed by atoms with Crippen molar-refractivity contribution in [3.63, 3.8) is 0 Å². The van der Waals surface area contributed by atoms with E-state index in [1.807, 2.05) is 0 Å². The lowest BCUT2D eigenvalue weighted by molar-refractivity contribution is -0.744. The monoisotopic (exact) mass is 749 g/mol. The molecule has 0 bridgehead atoms. The molecule has 280 valence electrons. The van der Waals surface area contributed by atoms with Crippen molar-refractivity contribution in [2.45, 2.75) is 55.4 Å². The predicted molar refractivity (Wildman–Crippen MR) is 191 cm³/mol. The molecule has 0 unspecified atom stereocenters. The van der Waals surface area contributed by atoms with Crippen molar-refractivity contribution >= 4 is 33.4 Å². The van der Waals surface area contributed by atoms with Crippen molar-refractivity contribution in [2.24, 2.45) is 17.3 Å². The fraction of sp³-hybridized carbons (Fsp3) is 0.556. The first kappa shape index (κ1) is 40.1. The molecule has 0 spiro atoms. The van der Waals surface area contributed by atoms with Crippen molar-refractivity contribution in [1.29, 1.82) is 0 Å². The van der Waals surface area contributed by atoms with Crippen LogP contribution >= 0.6 is 11.6 Å². The fourth-order valence-electron chi connectivity index (χ4n) is 6.64. The number of sulfone groups is 1. The summed E-state index contributed by atoms with van der Waals surface area (Å²) in [6, 6.07) is 7.33. The van der Waals surface area contributed by atoms with Crippen LogP contribution in [0.25, 0.3) is 0 Å². The average molecular weight is 750 g/mol. The molecular formula is C36H50ClN4O9S+. The number of piperazine rings is 1. The third-order valence-corrected chi connectivity index (χ3v) is 11.9. The number of nitrogens with one attached hydrogen (secondary N) is 1. The van der Waals surface area contributed by atoms with Crippen molar-refractivity contribution in [1.82, 2.24) is 15.0 Å². The predicted octanol–water partition coefficient (Wildman–Crippen LogP) is 4.57. The van der Waals surface area contributed by atoms with Gasteiger partial charge in [0.25, 0.3) is 9.84 Å². The summed E-state index contributed by atoms with van der Waals surface area (Å²) in [4.78, 5) is 40.9. The molecule has 1 aromatic heterocycles. The molecule has 1 saturated heterocycles. The lowest BCUT2D eigenvalue weighted by Gasteiger charge is -2.45.